The van der Waals surface area contributed by atoms with Gasteiger partial charge in [-0.05, 0) is 31.4 Å². The summed E-state index contributed by atoms with van der Waals surface area (Å²) >= 11 is 5.98. The predicted molar refractivity (Wildman–Crippen MR) is 66.8 cm³/mol. The topological polar surface area (TPSA) is 71.2 Å². The Morgan fingerprint density at radius 1 is 1.59 bits per heavy atom. The molecule has 1 saturated carbocycles. The molecule has 0 radical (unpaired) electrons. The Labute approximate surface area is 105 Å². The summed E-state index contributed by atoms with van der Waals surface area (Å²) in [7, 11) is 1.78. The molecule has 0 aromatic carbocycles. The minimum atomic E-state index is -0.156. The van der Waals surface area contributed by atoms with E-state index < -0.39 is 0 Å². The predicted octanol–water partition coefficient (Wildman–Crippen LogP) is 1.65. The number of nitrogen functional groups attached to an aromatic ring is 1. The molecule has 1 aromatic heterocycles. The first-order valence-electron chi connectivity index (χ1n) is 5.54. The van der Waals surface area contributed by atoms with Crippen LogP contribution < -0.4 is 11.3 Å². The van der Waals surface area contributed by atoms with Gasteiger partial charge in [0.2, 0.25) is 0 Å². The lowest BCUT2D eigenvalue weighted by atomic mass is 9.92. The summed E-state index contributed by atoms with van der Waals surface area (Å²) in [4.78, 5) is 18.0. The first-order chi connectivity index (χ1) is 8.13. The number of pyridine rings is 1. The van der Waals surface area contributed by atoms with Crippen molar-refractivity contribution in [3.05, 3.63) is 22.8 Å². The Kier molecular flexibility index (Phi) is 3.49. The number of hydrogen-bond acceptors (Lipinski definition) is 4. The lowest BCUT2D eigenvalue weighted by Gasteiger charge is -2.34. The van der Waals surface area contributed by atoms with E-state index in [4.69, 9.17) is 17.4 Å². The summed E-state index contributed by atoms with van der Waals surface area (Å²) < 4.78 is 0. The summed E-state index contributed by atoms with van der Waals surface area (Å²) in [5.41, 5.74) is 2.65. The number of nitrogens with zero attached hydrogens (tertiary/aromatic N) is 2. The van der Waals surface area contributed by atoms with Crippen LogP contribution in [-0.4, -0.2) is 28.9 Å². The molecule has 1 aliphatic carbocycles. The molecular formula is C11H15ClN4O. The zero-order valence-corrected chi connectivity index (χ0v) is 10.4. The van der Waals surface area contributed by atoms with Gasteiger partial charge in [0.05, 0.1) is 5.02 Å². The fraction of sp³-hybridized carbons (Fsp3) is 0.455. The molecule has 0 aliphatic heterocycles. The minimum absolute atomic E-state index is 0.156. The zero-order chi connectivity index (χ0) is 12.4. The fourth-order valence-corrected chi connectivity index (χ4v) is 1.97. The summed E-state index contributed by atoms with van der Waals surface area (Å²) in [5, 5.41) is 0.347. The van der Waals surface area contributed by atoms with Crippen LogP contribution in [-0.2, 0) is 0 Å². The molecule has 3 N–H and O–H groups in total. The second-order valence-electron chi connectivity index (χ2n) is 4.17. The Morgan fingerprint density at radius 2 is 2.29 bits per heavy atom. The van der Waals surface area contributed by atoms with E-state index in [2.05, 4.69) is 10.4 Å². The maximum Gasteiger partial charge on any atom is 0.274 e. The number of anilines is 1. The Hall–Kier alpha value is -1.33. The third-order valence-electron chi connectivity index (χ3n) is 3.14. The van der Waals surface area contributed by atoms with E-state index >= 15 is 0 Å². The molecule has 5 nitrogen and oxygen atoms in total. The summed E-state index contributed by atoms with van der Waals surface area (Å²) in [6, 6.07) is 3.56. The van der Waals surface area contributed by atoms with Crippen molar-refractivity contribution in [3.63, 3.8) is 0 Å². The van der Waals surface area contributed by atoms with E-state index in [9.17, 15) is 4.79 Å². The van der Waals surface area contributed by atoms with Gasteiger partial charge in [0.25, 0.3) is 5.91 Å². The first-order valence-corrected chi connectivity index (χ1v) is 5.91. The van der Waals surface area contributed by atoms with Crippen LogP contribution in [0, 0.1) is 0 Å². The van der Waals surface area contributed by atoms with Crippen molar-refractivity contribution >= 4 is 23.3 Å². The highest BCUT2D eigenvalue weighted by Crippen LogP contribution is 2.26. The van der Waals surface area contributed by atoms with Crippen LogP contribution in [0.25, 0.3) is 0 Å². The average molecular weight is 255 g/mol. The van der Waals surface area contributed by atoms with Crippen LogP contribution in [0.15, 0.2) is 12.1 Å². The third kappa shape index (κ3) is 2.35. The Balaban J connectivity index is 2.22. The lowest BCUT2D eigenvalue weighted by Crippen LogP contribution is -2.41. The smallest absolute Gasteiger partial charge is 0.274 e. The number of carbonyl (C=O) groups is 1. The molecule has 92 valence electrons. The van der Waals surface area contributed by atoms with Crippen molar-refractivity contribution in [2.75, 3.05) is 12.5 Å². The number of nitrogens with two attached hydrogens (primary N) is 1. The standard InChI is InChI=1S/C11H15ClN4O/c1-16(7-3-2-4-7)11(17)10-8(12)5-6-9(14-10)15-13/h5-7H,2-4,13H2,1H3,(H,14,15). The van der Waals surface area contributed by atoms with Gasteiger partial charge in [-0.15, -0.1) is 0 Å². The Bertz CT molecular complexity index is 433. The molecule has 1 amide bonds. The van der Waals surface area contributed by atoms with Gasteiger partial charge >= 0.3 is 0 Å². The van der Waals surface area contributed by atoms with Gasteiger partial charge < -0.3 is 10.3 Å². The van der Waals surface area contributed by atoms with Crippen LogP contribution in [0.4, 0.5) is 5.82 Å². The number of carbonyl (C=O) groups excluding carboxylic acids is 1. The van der Waals surface area contributed by atoms with E-state index in [1.165, 1.54) is 6.42 Å². The molecule has 0 atom stereocenters. The normalized spacial score (nSPS) is 15.2. The number of amides is 1. The summed E-state index contributed by atoms with van der Waals surface area (Å²) in [6.07, 6.45) is 3.28. The maximum atomic E-state index is 12.2. The van der Waals surface area contributed by atoms with Crippen LogP contribution in [0.5, 0.6) is 0 Å². The second kappa shape index (κ2) is 4.89. The number of hydrazine groups is 1. The third-order valence-corrected chi connectivity index (χ3v) is 3.44. The minimum Gasteiger partial charge on any atom is -0.337 e. The SMILES string of the molecule is CN(C(=O)c1nc(NN)ccc1Cl)C1CCC1. The molecule has 6 heteroatoms. The fourth-order valence-electron chi connectivity index (χ4n) is 1.78. The van der Waals surface area contributed by atoms with Crippen LogP contribution in [0.3, 0.4) is 0 Å². The van der Waals surface area contributed by atoms with Crippen molar-refractivity contribution in [2.24, 2.45) is 5.84 Å². The van der Waals surface area contributed by atoms with Gasteiger partial charge in [0.1, 0.15) is 11.5 Å². The zero-order valence-electron chi connectivity index (χ0n) is 9.61. The maximum absolute atomic E-state index is 12.2. The molecular weight excluding hydrogens is 240 g/mol. The van der Waals surface area contributed by atoms with Crippen molar-refractivity contribution in [2.45, 2.75) is 25.3 Å². The van der Waals surface area contributed by atoms with Crippen LogP contribution in [0.1, 0.15) is 29.8 Å². The van der Waals surface area contributed by atoms with Crippen molar-refractivity contribution in [3.8, 4) is 0 Å². The van der Waals surface area contributed by atoms with Gasteiger partial charge in [-0.2, -0.15) is 0 Å². The number of hydrogen-bond donors (Lipinski definition) is 2. The van der Waals surface area contributed by atoms with E-state index in [0.29, 0.717) is 16.9 Å². The van der Waals surface area contributed by atoms with Gasteiger partial charge in [-0.1, -0.05) is 11.6 Å². The monoisotopic (exact) mass is 254 g/mol. The number of halogens is 1. The van der Waals surface area contributed by atoms with Crippen LogP contribution in [0.2, 0.25) is 5.02 Å². The molecule has 1 aliphatic rings. The molecule has 0 spiro atoms. The van der Waals surface area contributed by atoms with E-state index in [1.807, 2.05) is 0 Å². The molecule has 2 rings (SSSR count). The average Bonchev–Trinajstić information content (AvgIpc) is 2.26. The lowest BCUT2D eigenvalue weighted by molar-refractivity contribution is 0.0646. The van der Waals surface area contributed by atoms with E-state index in [-0.39, 0.29) is 11.6 Å². The highest BCUT2D eigenvalue weighted by Gasteiger charge is 2.28. The molecule has 17 heavy (non-hydrogen) atoms. The molecule has 0 unspecified atom stereocenters. The van der Waals surface area contributed by atoms with E-state index in [0.717, 1.165) is 12.8 Å². The van der Waals surface area contributed by atoms with Gasteiger partial charge in [-0.3, -0.25) is 4.79 Å². The molecule has 1 heterocycles. The molecule has 0 bridgehead atoms. The number of rotatable bonds is 3. The highest BCUT2D eigenvalue weighted by molar-refractivity contribution is 6.33. The van der Waals surface area contributed by atoms with Crippen molar-refractivity contribution in [1.82, 2.24) is 9.88 Å². The van der Waals surface area contributed by atoms with E-state index in [1.54, 1.807) is 24.1 Å². The number of aromatic nitrogens is 1. The molecule has 1 aromatic rings. The highest BCUT2D eigenvalue weighted by atomic mass is 35.5. The molecule has 1 fully saturated rings. The number of nitrogens with one attached hydrogen (secondary N) is 1. The second-order valence-corrected chi connectivity index (χ2v) is 4.58. The first kappa shape index (κ1) is 12.1. The van der Waals surface area contributed by atoms with Gasteiger partial charge in [0.15, 0.2) is 0 Å². The Morgan fingerprint density at radius 3 is 2.82 bits per heavy atom. The largest absolute Gasteiger partial charge is 0.337 e. The quantitative estimate of drug-likeness (QED) is 0.636. The van der Waals surface area contributed by atoms with Gasteiger partial charge in [0, 0.05) is 13.1 Å². The van der Waals surface area contributed by atoms with Crippen LogP contribution >= 0.6 is 11.6 Å². The molecule has 0 saturated heterocycles. The summed E-state index contributed by atoms with van der Waals surface area (Å²) in [6.45, 7) is 0. The van der Waals surface area contributed by atoms with Crippen molar-refractivity contribution in [1.29, 1.82) is 0 Å². The van der Waals surface area contributed by atoms with Crippen molar-refractivity contribution < 1.29 is 4.79 Å². The van der Waals surface area contributed by atoms with Gasteiger partial charge in [-0.25, -0.2) is 10.8 Å². The summed E-state index contributed by atoms with van der Waals surface area (Å²) in [5.74, 6) is 5.54.